The van der Waals surface area contributed by atoms with Gasteiger partial charge in [-0.1, -0.05) is 147 Å². The van der Waals surface area contributed by atoms with Crippen LogP contribution in [0.3, 0.4) is 0 Å². The summed E-state index contributed by atoms with van der Waals surface area (Å²) in [6, 6.07) is 61.2. The van der Waals surface area contributed by atoms with Crippen molar-refractivity contribution in [3.05, 3.63) is 198 Å². The van der Waals surface area contributed by atoms with Crippen molar-refractivity contribution < 1.29 is 0 Å². The van der Waals surface area contributed by atoms with E-state index in [9.17, 15) is 0 Å². The van der Waals surface area contributed by atoms with E-state index >= 15 is 0 Å². The van der Waals surface area contributed by atoms with Gasteiger partial charge in [0.15, 0.2) is 0 Å². The molecule has 2 heterocycles. The Labute approximate surface area is 304 Å². The van der Waals surface area contributed by atoms with E-state index in [1.165, 1.54) is 66.3 Å². The summed E-state index contributed by atoms with van der Waals surface area (Å²) in [4.78, 5) is 0. The van der Waals surface area contributed by atoms with Crippen LogP contribution in [0.5, 0.6) is 0 Å². The molecule has 4 atom stereocenters. The lowest BCUT2D eigenvalue weighted by Gasteiger charge is -2.26. The molecular weight excluding hydrogens is 633 g/mol. The van der Waals surface area contributed by atoms with Crippen molar-refractivity contribution in [2.45, 2.75) is 37.5 Å². The minimum Gasteiger partial charge on any atom is -0.322 e. The lowest BCUT2D eigenvalue weighted by atomic mass is 9.82. The standard InChI is InChI=1S/C48H40N4/c1-48(2)41-24-13-12-23-37(41)38-29-40-39-28-34(31-15-6-3-7-16-31)25-26-43(39)51(44(40)30-42(38)48)36-22-14-21-35(27-36)45(49)46(32-17-8-4-9-18-32)52-47(50-52)33-19-10-5-11-20-33/h3-30,45-47,50H,49H2,1-2H3/t45-,46?,47?,52?/m1/s1. The van der Waals surface area contributed by atoms with Crippen molar-refractivity contribution in [1.29, 1.82) is 0 Å². The van der Waals surface area contributed by atoms with Gasteiger partial charge in [0.1, 0.15) is 6.17 Å². The lowest BCUT2D eigenvalue weighted by molar-refractivity contribution is 0.308. The number of hydrogen-bond acceptors (Lipinski definition) is 3. The molecule has 3 N–H and O–H groups in total. The SMILES string of the molecule is CC1(C)c2ccccc2-c2cc3c4cc(-c5ccccc5)ccc4n(-c4cccc([C@@H](N)C(c5ccccc5)N5NC5c5ccccc5)c4)c3cc21. The zero-order valence-electron chi connectivity index (χ0n) is 29.4. The quantitative estimate of drug-likeness (QED) is 0.166. The average Bonchev–Trinajstić information content (AvgIpc) is 3.87. The van der Waals surface area contributed by atoms with E-state index in [4.69, 9.17) is 5.73 Å². The highest BCUT2D eigenvalue weighted by Gasteiger charge is 2.44. The van der Waals surface area contributed by atoms with Gasteiger partial charge in [0.2, 0.25) is 0 Å². The van der Waals surface area contributed by atoms with Gasteiger partial charge < -0.3 is 10.3 Å². The van der Waals surface area contributed by atoms with E-state index < -0.39 is 0 Å². The number of hydrogen-bond donors (Lipinski definition) is 2. The molecule has 1 aliphatic carbocycles. The maximum Gasteiger partial charge on any atom is 0.113 e. The van der Waals surface area contributed by atoms with Crippen LogP contribution in [-0.2, 0) is 5.41 Å². The molecule has 1 fully saturated rings. The molecule has 4 nitrogen and oxygen atoms in total. The predicted octanol–water partition coefficient (Wildman–Crippen LogP) is 11.0. The third-order valence-electron chi connectivity index (χ3n) is 11.5. The van der Waals surface area contributed by atoms with Crippen LogP contribution in [0.25, 0.3) is 49.7 Å². The maximum absolute atomic E-state index is 7.35. The number of fused-ring (bicyclic) bond motifs is 6. The number of nitrogens with zero attached hydrogens (tertiary/aromatic N) is 2. The van der Waals surface area contributed by atoms with Crippen molar-refractivity contribution in [3.8, 4) is 27.9 Å². The first kappa shape index (κ1) is 31.0. The van der Waals surface area contributed by atoms with Crippen LogP contribution < -0.4 is 11.2 Å². The van der Waals surface area contributed by atoms with Crippen molar-refractivity contribution in [1.82, 2.24) is 15.0 Å². The molecule has 1 aromatic heterocycles. The Morgan fingerprint density at radius 3 is 2.02 bits per heavy atom. The smallest absolute Gasteiger partial charge is 0.113 e. The molecule has 4 heteroatoms. The summed E-state index contributed by atoms with van der Waals surface area (Å²) >= 11 is 0. The predicted molar refractivity (Wildman–Crippen MR) is 214 cm³/mol. The summed E-state index contributed by atoms with van der Waals surface area (Å²) < 4.78 is 2.45. The third-order valence-corrected chi connectivity index (χ3v) is 11.5. The zero-order chi connectivity index (χ0) is 35.0. The summed E-state index contributed by atoms with van der Waals surface area (Å²) in [5, 5.41) is 4.81. The number of nitrogens with one attached hydrogen (secondary N) is 1. The highest BCUT2D eigenvalue weighted by atomic mass is 15.8. The van der Waals surface area contributed by atoms with Gasteiger partial charge in [0, 0.05) is 21.9 Å². The van der Waals surface area contributed by atoms with Gasteiger partial charge >= 0.3 is 0 Å². The van der Waals surface area contributed by atoms with Gasteiger partial charge in [0.05, 0.1) is 23.1 Å². The monoisotopic (exact) mass is 672 g/mol. The number of benzene rings is 7. The van der Waals surface area contributed by atoms with E-state index in [-0.39, 0.29) is 23.7 Å². The van der Waals surface area contributed by atoms with Crippen LogP contribution >= 0.6 is 0 Å². The molecule has 0 amide bonds. The summed E-state index contributed by atoms with van der Waals surface area (Å²) in [5.74, 6) is 0. The number of aromatic nitrogens is 1. The molecule has 7 aromatic carbocycles. The topological polar surface area (TPSA) is 55.9 Å². The zero-order valence-corrected chi connectivity index (χ0v) is 29.4. The molecule has 1 aliphatic heterocycles. The summed E-state index contributed by atoms with van der Waals surface area (Å²) in [6.07, 6.45) is 0.117. The average molecular weight is 673 g/mol. The Balaban J connectivity index is 1.14. The van der Waals surface area contributed by atoms with E-state index in [1.807, 2.05) is 0 Å². The van der Waals surface area contributed by atoms with Crippen LogP contribution in [0.2, 0.25) is 0 Å². The summed E-state index contributed by atoms with van der Waals surface area (Å²) in [6.45, 7) is 4.72. The Morgan fingerprint density at radius 1 is 0.558 bits per heavy atom. The Morgan fingerprint density at radius 2 is 1.23 bits per heavy atom. The first-order valence-corrected chi connectivity index (χ1v) is 18.3. The van der Waals surface area contributed by atoms with Crippen LogP contribution in [0.15, 0.2) is 170 Å². The number of rotatable bonds is 7. The van der Waals surface area contributed by atoms with Gasteiger partial charge in [0.25, 0.3) is 0 Å². The molecule has 252 valence electrons. The van der Waals surface area contributed by atoms with Gasteiger partial charge in [-0.2, -0.15) is 0 Å². The van der Waals surface area contributed by atoms with Crippen molar-refractivity contribution in [2.75, 3.05) is 0 Å². The Kier molecular flexibility index (Phi) is 7.09. The van der Waals surface area contributed by atoms with Gasteiger partial charge in [-0.05, 0) is 86.5 Å². The molecule has 0 saturated carbocycles. The highest BCUT2D eigenvalue weighted by Crippen LogP contribution is 2.51. The first-order valence-electron chi connectivity index (χ1n) is 18.3. The largest absolute Gasteiger partial charge is 0.322 e. The Hall–Kier alpha value is -5.78. The van der Waals surface area contributed by atoms with Crippen molar-refractivity contribution in [2.24, 2.45) is 5.73 Å². The number of hydrazine groups is 1. The fourth-order valence-electron chi connectivity index (χ4n) is 8.77. The van der Waals surface area contributed by atoms with Crippen LogP contribution in [-0.4, -0.2) is 9.58 Å². The molecule has 52 heavy (non-hydrogen) atoms. The number of nitrogens with two attached hydrogens (primary N) is 1. The van der Waals surface area contributed by atoms with Crippen molar-refractivity contribution in [3.63, 3.8) is 0 Å². The minimum absolute atomic E-state index is 0.0594. The second-order valence-electron chi connectivity index (χ2n) is 14.8. The van der Waals surface area contributed by atoms with E-state index in [2.05, 4.69) is 199 Å². The first-order chi connectivity index (χ1) is 25.5. The second kappa shape index (κ2) is 11.9. The molecule has 2 aliphatic rings. The molecule has 3 unspecified atom stereocenters. The molecular formula is C48H40N4. The van der Waals surface area contributed by atoms with Crippen LogP contribution in [0.4, 0.5) is 0 Å². The third kappa shape index (κ3) is 4.87. The lowest BCUT2D eigenvalue weighted by Crippen LogP contribution is -2.27. The van der Waals surface area contributed by atoms with Crippen LogP contribution in [0, 0.1) is 0 Å². The van der Waals surface area contributed by atoms with Gasteiger partial charge in [-0.3, -0.25) is 0 Å². The van der Waals surface area contributed by atoms with E-state index in [1.54, 1.807) is 0 Å². The molecule has 0 radical (unpaired) electrons. The summed E-state index contributed by atoms with van der Waals surface area (Å²) in [5.41, 5.74) is 25.8. The van der Waals surface area contributed by atoms with Gasteiger partial charge in [-0.25, -0.2) is 10.4 Å². The highest BCUT2D eigenvalue weighted by molar-refractivity contribution is 6.12. The van der Waals surface area contributed by atoms with Crippen LogP contribution in [0.1, 0.15) is 59.9 Å². The maximum atomic E-state index is 7.35. The normalized spacial score (nSPS) is 18.2. The molecule has 1 saturated heterocycles. The van der Waals surface area contributed by atoms with E-state index in [0.29, 0.717) is 0 Å². The fourth-order valence-corrected chi connectivity index (χ4v) is 8.77. The molecule has 8 aromatic rings. The van der Waals surface area contributed by atoms with E-state index in [0.717, 1.165) is 11.3 Å². The second-order valence-corrected chi connectivity index (χ2v) is 14.8. The fraction of sp³-hybridized carbons (Fsp3) is 0.125. The molecule has 0 bridgehead atoms. The van der Waals surface area contributed by atoms with Crippen molar-refractivity contribution >= 4 is 21.8 Å². The summed E-state index contributed by atoms with van der Waals surface area (Å²) in [7, 11) is 0. The minimum atomic E-state index is -0.279. The molecule has 0 spiro atoms. The van der Waals surface area contributed by atoms with Gasteiger partial charge in [-0.15, -0.1) is 0 Å². The molecule has 10 rings (SSSR count). The Bertz CT molecular complexity index is 2610.